The van der Waals surface area contributed by atoms with E-state index in [1.165, 1.54) is 12.1 Å². The van der Waals surface area contributed by atoms with Crippen LogP contribution in [0.25, 0.3) is 0 Å². The van der Waals surface area contributed by atoms with Gasteiger partial charge in [0.05, 0.1) is 4.90 Å². The Morgan fingerprint density at radius 1 is 1.44 bits per heavy atom. The monoisotopic (exact) mass is 288 g/mol. The highest BCUT2D eigenvalue weighted by Crippen LogP contribution is 2.27. The molecule has 0 saturated carbocycles. The van der Waals surface area contributed by atoms with Crippen LogP contribution in [0.2, 0.25) is 5.02 Å². The molecule has 1 saturated heterocycles. The minimum atomic E-state index is -3.71. The van der Waals surface area contributed by atoms with Crippen molar-refractivity contribution in [2.75, 3.05) is 6.54 Å². The number of hydrogen-bond acceptors (Lipinski definition) is 3. The van der Waals surface area contributed by atoms with Crippen LogP contribution in [0.3, 0.4) is 0 Å². The van der Waals surface area contributed by atoms with Crippen LogP contribution in [0.4, 0.5) is 0 Å². The molecule has 18 heavy (non-hydrogen) atoms. The van der Waals surface area contributed by atoms with E-state index < -0.39 is 22.0 Å². The van der Waals surface area contributed by atoms with Crippen molar-refractivity contribution in [3.05, 3.63) is 29.3 Å². The highest BCUT2D eigenvalue weighted by molar-refractivity contribution is 7.89. The van der Waals surface area contributed by atoms with Gasteiger partial charge in [0.15, 0.2) is 0 Å². The van der Waals surface area contributed by atoms with Crippen LogP contribution in [0.5, 0.6) is 0 Å². The normalized spacial score (nSPS) is 21.1. The van der Waals surface area contributed by atoms with E-state index in [4.69, 9.17) is 17.3 Å². The molecule has 0 aromatic heterocycles. The minimum Gasteiger partial charge on any atom is -0.368 e. The Labute approximate surface area is 111 Å². The number of carbonyl (C=O) groups is 1. The zero-order valence-electron chi connectivity index (χ0n) is 9.54. The van der Waals surface area contributed by atoms with Gasteiger partial charge < -0.3 is 5.73 Å². The highest BCUT2D eigenvalue weighted by atomic mass is 35.5. The van der Waals surface area contributed by atoms with Crippen LogP contribution in [0, 0.1) is 0 Å². The second-order valence-corrected chi connectivity index (χ2v) is 6.46. The molecule has 1 fully saturated rings. The van der Waals surface area contributed by atoms with Crippen molar-refractivity contribution < 1.29 is 13.2 Å². The second kappa shape index (κ2) is 4.87. The summed E-state index contributed by atoms with van der Waals surface area (Å²) in [4.78, 5) is 11.3. The van der Waals surface area contributed by atoms with Crippen molar-refractivity contribution >= 4 is 27.5 Å². The molecule has 1 aromatic carbocycles. The summed E-state index contributed by atoms with van der Waals surface area (Å²) >= 11 is 5.78. The van der Waals surface area contributed by atoms with Gasteiger partial charge in [0.1, 0.15) is 6.04 Å². The lowest BCUT2D eigenvalue weighted by molar-refractivity contribution is -0.121. The number of nitrogens with two attached hydrogens (primary N) is 1. The summed E-state index contributed by atoms with van der Waals surface area (Å²) in [5, 5.41) is 0.339. The Balaban J connectivity index is 2.40. The van der Waals surface area contributed by atoms with E-state index in [0.717, 1.165) is 4.31 Å². The predicted molar refractivity (Wildman–Crippen MR) is 67.6 cm³/mol. The topological polar surface area (TPSA) is 80.5 Å². The van der Waals surface area contributed by atoms with Crippen LogP contribution in [-0.2, 0) is 14.8 Å². The Hall–Kier alpha value is -1.11. The fraction of sp³-hybridized carbons (Fsp3) is 0.364. The van der Waals surface area contributed by atoms with Gasteiger partial charge in [-0.2, -0.15) is 4.31 Å². The third-order valence-electron chi connectivity index (χ3n) is 2.93. The molecular formula is C11H13ClN2O3S. The number of sulfonamides is 1. The van der Waals surface area contributed by atoms with Crippen molar-refractivity contribution in [3.8, 4) is 0 Å². The molecule has 7 heteroatoms. The van der Waals surface area contributed by atoms with Gasteiger partial charge >= 0.3 is 0 Å². The van der Waals surface area contributed by atoms with Gasteiger partial charge in [0.2, 0.25) is 15.9 Å². The molecular weight excluding hydrogens is 276 g/mol. The lowest BCUT2D eigenvalue weighted by Crippen LogP contribution is -2.43. The molecule has 1 aliphatic heterocycles. The number of amides is 1. The van der Waals surface area contributed by atoms with E-state index in [0.29, 0.717) is 24.4 Å². The van der Waals surface area contributed by atoms with Gasteiger partial charge in [0.25, 0.3) is 0 Å². The van der Waals surface area contributed by atoms with Gasteiger partial charge in [-0.25, -0.2) is 8.42 Å². The maximum Gasteiger partial charge on any atom is 0.243 e. The van der Waals surface area contributed by atoms with Gasteiger partial charge in [-0.15, -0.1) is 0 Å². The average molecular weight is 289 g/mol. The minimum absolute atomic E-state index is 0.0863. The third-order valence-corrected chi connectivity index (χ3v) is 5.07. The van der Waals surface area contributed by atoms with E-state index in [1.54, 1.807) is 12.1 Å². The molecule has 0 spiro atoms. The number of nitrogens with zero attached hydrogens (tertiary/aromatic N) is 1. The van der Waals surface area contributed by atoms with Crippen molar-refractivity contribution in [3.63, 3.8) is 0 Å². The predicted octanol–water partition coefficient (Wildman–Crippen LogP) is 0.978. The number of rotatable bonds is 3. The molecule has 1 amide bonds. The Kier molecular flexibility index (Phi) is 3.61. The van der Waals surface area contributed by atoms with Crippen LogP contribution in [0.15, 0.2) is 29.2 Å². The van der Waals surface area contributed by atoms with E-state index in [-0.39, 0.29) is 4.90 Å². The highest BCUT2D eigenvalue weighted by Gasteiger charge is 2.38. The standard InChI is InChI=1S/C11H13ClN2O3S/c12-8-3-1-4-9(7-8)18(16,17)14-6-2-5-10(14)11(13)15/h1,3-4,7,10H,2,5-6H2,(H2,13,15). The fourth-order valence-corrected chi connectivity index (χ4v) is 4.04. The largest absolute Gasteiger partial charge is 0.368 e. The van der Waals surface area contributed by atoms with Gasteiger partial charge in [-0.1, -0.05) is 17.7 Å². The van der Waals surface area contributed by atoms with E-state index in [1.807, 2.05) is 0 Å². The molecule has 0 aliphatic carbocycles. The molecule has 1 atom stereocenters. The summed E-state index contributed by atoms with van der Waals surface area (Å²) < 4.78 is 25.9. The first kappa shape index (κ1) is 13.3. The summed E-state index contributed by atoms with van der Waals surface area (Å²) in [6, 6.07) is 5.22. The number of carbonyl (C=O) groups excluding carboxylic acids is 1. The van der Waals surface area contributed by atoms with Crippen molar-refractivity contribution in [2.45, 2.75) is 23.8 Å². The number of hydrogen-bond donors (Lipinski definition) is 1. The maximum absolute atomic E-state index is 12.4. The SMILES string of the molecule is NC(=O)C1CCCN1S(=O)(=O)c1cccc(Cl)c1. The molecule has 1 aromatic rings. The van der Waals surface area contributed by atoms with Gasteiger partial charge in [-0.05, 0) is 31.0 Å². The molecule has 5 nitrogen and oxygen atoms in total. The summed E-state index contributed by atoms with van der Waals surface area (Å²) in [6.07, 6.45) is 1.10. The van der Waals surface area contributed by atoms with Crippen LogP contribution in [0.1, 0.15) is 12.8 Å². The lowest BCUT2D eigenvalue weighted by Gasteiger charge is -2.21. The molecule has 2 rings (SSSR count). The van der Waals surface area contributed by atoms with Gasteiger partial charge in [-0.3, -0.25) is 4.79 Å². The van der Waals surface area contributed by atoms with Crippen LogP contribution < -0.4 is 5.73 Å². The Bertz CT molecular complexity index is 573. The number of benzene rings is 1. The maximum atomic E-state index is 12.4. The van der Waals surface area contributed by atoms with Crippen LogP contribution >= 0.6 is 11.6 Å². The molecule has 0 radical (unpaired) electrons. The zero-order valence-corrected chi connectivity index (χ0v) is 11.1. The first-order valence-corrected chi connectivity index (χ1v) is 7.31. The van der Waals surface area contributed by atoms with Crippen molar-refractivity contribution in [1.82, 2.24) is 4.31 Å². The molecule has 1 unspecified atom stereocenters. The zero-order chi connectivity index (χ0) is 13.3. The van der Waals surface area contributed by atoms with E-state index in [2.05, 4.69) is 0 Å². The molecule has 98 valence electrons. The average Bonchev–Trinajstić information content (AvgIpc) is 2.78. The van der Waals surface area contributed by atoms with E-state index in [9.17, 15) is 13.2 Å². The summed E-state index contributed by atoms with van der Waals surface area (Å²) in [6.45, 7) is 0.308. The number of primary amides is 1. The first-order valence-electron chi connectivity index (χ1n) is 5.49. The Morgan fingerprint density at radius 3 is 2.78 bits per heavy atom. The lowest BCUT2D eigenvalue weighted by atomic mass is 10.2. The summed E-state index contributed by atoms with van der Waals surface area (Å²) in [5.41, 5.74) is 5.22. The van der Waals surface area contributed by atoms with Crippen molar-refractivity contribution in [2.24, 2.45) is 5.73 Å². The van der Waals surface area contributed by atoms with Crippen molar-refractivity contribution in [1.29, 1.82) is 0 Å². The Morgan fingerprint density at radius 2 is 2.17 bits per heavy atom. The summed E-state index contributed by atoms with van der Waals surface area (Å²) in [7, 11) is -3.71. The molecule has 0 bridgehead atoms. The smallest absolute Gasteiger partial charge is 0.243 e. The quantitative estimate of drug-likeness (QED) is 0.900. The first-order chi connectivity index (χ1) is 8.43. The fourth-order valence-electron chi connectivity index (χ4n) is 2.08. The molecule has 1 heterocycles. The summed E-state index contributed by atoms with van der Waals surface area (Å²) in [5.74, 6) is -0.613. The van der Waals surface area contributed by atoms with E-state index >= 15 is 0 Å². The molecule has 2 N–H and O–H groups in total. The van der Waals surface area contributed by atoms with Gasteiger partial charge in [0, 0.05) is 11.6 Å². The third kappa shape index (κ3) is 2.36. The van der Waals surface area contributed by atoms with Crippen LogP contribution in [-0.4, -0.2) is 31.2 Å². The number of halogens is 1. The molecule has 1 aliphatic rings. The second-order valence-electron chi connectivity index (χ2n) is 4.13.